The maximum Gasteiger partial charge on any atom is 0.512 e. The Kier molecular flexibility index (Phi) is 2.68. The van der Waals surface area contributed by atoms with Crippen molar-refractivity contribution in [3.63, 3.8) is 0 Å². The molecule has 1 aromatic rings. The van der Waals surface area contributed by atoms with Gasteiger partial charge in [-0.15, -0.1) is 0 Å². The lowest BCUT2D eigenvalue weighted by atomic mass is 9.79. The third-order valence-electron chi connectivity index (χ3n) is 1.65. The molecule has 0 radical (unpaired) electrons. The van der Waals surface area contributed by atoms with Gasteiger partial charge in [-0.2, -0.15) is 4.39 Å². The number of methoxy groups -OCH3 is 1. The Labute approximate surface area is 76.5 Å². The minimum Gasteiger partial charge on any atom is -0.494 e. The second-order valence-electron chi connectivity index (χ2n) is 2.56. The van der Waals surface area contributed by atoms with Crippen LogP contribution in [0.3, 0.4) is 0 Å². The molecule has 14 heavy (non-hydrogen) atoms. The fourth-order valence-electron chi connectivity index (χ4n) is 0.957. The van der Waals surface area contributed by atoms with Gasteiger partial charge in [-0.1, -0.05) is 11.5 Å². The number of ether oxygens (including phenoxy) is 1. The van der Waals surface area contributed by atoms with Gasteiger partial charge in [-0.25, -0.2) is 4.39 Å². The van der Waals surface area contributed by atoms with Crippen molar-refractivity contribution in [1.29, 1.82) is 0 Å². The molecule has 0 spiro atoms. The summed E-state index contributed by atoms with van der Waals surface area (Å²) in [5.74, 6) is -4.09. The van der Waals surface area contributed by atoms with E-state index in [4.69, 9.17) is 0 Å². The number of hydrogen-bond acceptors (Lipinski definition) is 1. The van der Waals surface area contributed by atoms with Crippen molar-refractivity contribution < 1.29 is 26.5 Å². The second kappa shape index (κ2) is 3.47. The monoisotopic (exact) mass is 211 g/mol. The van der Waals surface area contributed by atoms with Crippen molar-refractivity contribution in [3.05, 3.63) is 23.8 Å². The second-order valence-corrected chi connectivity index (χ2v) is 2.56. The third-order valence-corrected chi connectivity index (χ3v) is 1.65. The van der Waals surface area contributed by atoms with Gasteiger partial charge in [0.15, 0.2) is 11.6 Å². The number of halogens is 5. The van der Waals surface area contributed by atoms with Crippen LogP contribution in [0.4, 0.5) is 21.7 Å². The minimum absolute atomic E-state index is 0.456. The van der Waals surface area contributed by atoms with Crippen molar-refractivity contribution in [1.82, 2.24) is 0 Å². The zero-order chi connectivity index (χ0) is 10.9. The normalized spacial score (nSPS) is 11.6. The van der Waals surface area contributed by atoms with E-state index in [2.05, 4.69) is 4.74 Å². The number of benzene rings is 1. The third kappa shape index (κ3) is 1.81. The molecule has 1 rings (SSSR count). The van der Waals surface area contributed by atoms with Gasteiger partial charge >= 0.3 is 6.98 Å². The van der Waals surface area contributed by atoms with E-state index in [9.17, 15) is 21.7 Å². The molecule has 0 aliphatic carbocycles. The molecule has 0 saturated carbocycles. The Morgan fingerprint density at radius 2 is 1.64 bits per heavy atom. The molecule has 0 N–H and O–H groups in total. The highest BCUT2D eigenvalue weighted by Gasteiger charge is 2.31. The standard InChI is InChI=1S/C7H5BF5O/c1-14-5-3-2-4(8(11,12)13)6(9)7(5)10/h2-3H,1H3/q-1. The molecule has 0 aliphatic rings. The Hall–Kier alpha value is -1.27. The van der Waals surface area contributed by atoms with Crippen LogP contribution in [0.15, 0.2) is 12.1 Å². The Morgan fingerprint density at radius 1 is 1.07 bits per heavy atom. The van der Waals surface area contributed by atoms with Crippen LogP contribution in [-0.2, 0) is 0 Å². The largest absolute Gasteiger partial charge is 0.512 e. The highest BCUT2D eigenvalue weighted by atomic mass is 19.4. The lowest BCUT2D eigenvalue weighted by Crippen LogP contribution is -2.37. The van der Waals surface area contributed by atoms with Crippen molar-refractivity contribution in [2.24, 2.45) is 0 Å². The van der Waals surface area contributed by atoms with E-state index in [1.54, 1.807) is 0 Å². The first-order chi connectivity index (χ1) is 6.38. The van der Waals surface area contributed by atoms with Crippen LogP contribution in [0.5, 0.6) is 5.75 Å². The van der Waals surface area contributed by atoms with E-state index in [0.717, 1.165) is 13.2 Å². The summed E-state index contributed by atoms with van der Waals surface area (Å²) in [7, 11) is 1.04. The fraction of sp³-hybridized carbons (Fsp3) is 0.143. The van der Waals surface area contributed by atoms with E-state index in [-0.39, 0.29) is 0 Å². The van der Waals surface area contributed by atoms with E-state index in [0.29, 0.717) is 6.07 Å². The maximum atomic E-state index is 12.8. The summed E-state index contributed by atoms with van der Waals surface area (Å²) in [5.41, 5.74) is -1.58. The van der Waals surface area contributed by atoms with Gasteiger partial charge in [-0.05, 0) is 6.07 Å². The zero-order valence-corrected chi connectivity index (χ0v) is 7.03. The van der Waals surface area contributed by atoms with E-state index >= 15 is 0 Å². The van der Waals surface area contributed by atoms with Gasteiger partial charge in [0.05, 0.1) is 7.11 Å². The van der Waals surface area contributed by atoms with E-state index in [1.165, 1.54) is 0 Å². The maximum absolute atomic E-state index is 12.8. The van der Waals surface area contributed by atoms with Crippen LogP contribution >= 0.6 is 0 Å². The summed E-state index contributed by atoms with van der Waals surface area (Å²) in [5, 5.41) is 0. The molecule has 0 aromatic heterocycles. The smallest absolute Gasteiger partial charge is 0.494 e. The first-order valence-corrected chi connectivity index (χ1v) is 3.59. The summed E-state index contributed by atoms with van der Waals surface area (Å²) in [6, 6.07) is 1.19. The molecule has 0 aliphatic heterocycles. The molecule has 0 heterocycles. The average Bonchev–Trinajstić information content (AvgIpc) is 2.07. The van der Waals surface area contributed by atoms with Gasteiger partial charge in [0.2, 0.25) is 0 Å². The molecule has 0 unspecified atom stereocenters. The predicted octanol–water partition coefficient (Wildman–Crippen LogP) is 2.03. The summed E-state index contributed by atoms with van der Waals surface area (Å²) < 4.78 is 66.1. The lowest BCUT2D eigenvalue weighted by Gasteiger charge is -2.16. The first-order valence-electron chi connectivity index (χ1n) is 3.59. The number of rotatable bonds is 2. The molecule has 0 saturated heterocycles. The molecular weight excluding hydrogens is 206 g/mol. The molecule has 78 valence electrons. The van der Waals surface area contributed by atoms with Crippen LogP contribution in [0.25, 0.3) is 0 Å². The Balaban J connectivity index is 3.31. The van der Waals surface area contributed by atoms with Gasteiger partial charge in [0, 0.05) is 0 Å². The topological polar surface area (TPSA) is 9.23 Å². The molecular formula is C7H5BF5O-. The molecule has 7 heteroatoms. The summed E-state index contributed by atoms with van der Waals surface area (Å²) >= 11 is 0. The summed E-state index contributed by atoms with van der Waals surface area (Å²) in [4.78, 5) is 0. The van der Waals surface area contributed by atoms with Crippen molar-refractivity contribution >= 4 is 12.4 Å². The predicted molar refractivity (Wildman–Crippen MR) is 41.6 cm³/mol. The molecule has 0 atom stereocenters. The van der Waals surface area contributed by atoms with E-state index in [1.807, 2.05) is 0 Å². The molecule has 1 aromatic carbocycles. The van der Waals surface area contributed by atoms with Crippen molar-refractivity contribution in [2.75, 3.05) is 7.11 Å². The molecule has 1 nitrogen and oxygen atoms in total. The average molecular weight is 211 g/mol. The van der Waals surface area contributed by atoms with Crippen LogP contribution in [0.2, 0.25) is 0 Å². The first kappa shape index (κ1) is 10.8. The highest BCUT2D eigenvalue weighted by Crippen LogP contribution is 2.21. The summed E-state index contributed by atoms with van der Waals surface area (Å²) in [6.45, 7) is -5.54. The van der Waals surface area contributed by atoms with Crippen LogP contribution < -0.4 is 10.2 Å². The SMILES string of the molecule is COc1ccc([B-](F)(F)F)c(F)c1F. The van der Waals surface area contributed by atoms with Gasteiger partial charge in [0.1, 0.15) is 5.82 Å². The minimum atomic E-state index is -5.54. The van der Waals surface area contributed by atoms with Crippen LogP contribution in [0.1, 0.15) is 0 Å². The van der Waals surface area contributed by atoms with E-state index < -0.39 is 29.8 Å². The summed E-state index contributed by atoms with van der Waals surface area (Å²) in [6.07, 6.45) is 0. The van der Waals surface area contributed by atoms with Crippen LogP contribution in [-0.4, -0.2) is 14.1 Å². The fourth-order valence-corrected chi connectivity index (χ4v) is 0.957. The Morgan fingerprint density at radius 3 is 2.07 bits per heavy atom. The quantitative estimate of drug-likeness (QED) is 0.537. The van der Waals surface area contributed by atoms with Gasteiger partial charge < -0.3 is 17.7 Å². The van der Waals surface area contributed by atoms with Crippen LogP contribution in [0, 0.1) is 11.6 Å². The highest BCUT2D eigenvalue weighted by molar-refractivity contribution is 6.73. The van der Waals surface area contributed by atoms with Crippen molar-refractivity contribution in [2.45, 2.75) is 0 Å². The molecule has 0 bridgehead atoms. The number of hydrogen-bond donors (Lipinski definition) is 0. The Bertz CT molecular complexity index is 349. The molecule has 0 amide bonds. The molecule has 0 fully saturated rings. The lowest BCUT2D eigenvalue weighted by molar-refractivity contribution is 0.371. The zero-order valence-electron chi connectivity index (χ0n) is 7.03. The van der Waals surface area contributed by atoms with Gasteiger partial charge in [-0.3, -0.25) is 0 Å². The van der Waals surface area contributed by atoms with Crippen molar-refractivity contribution in [3.8, 4) is 5.75 Å². The van der Waals surface area contributed by atoms with Gasteiger partial charge in [0.25, 0.3) is 0 Å².